The molecule has 0 atom stereocenters. The number of nitrogens with one attached hydrogen (secondary N) is 1. The van der Waals surface area contributed by atoms with Gasteiger partial charge >= 0.3 is 17.8 Å². The lowest BCUT2D eigenvalue weighted by Gasteiger charge is -2.09. The Morgan fingerprint density at radius 1 is 1.08 bits per heavy atom. The summed E-state index contributed by atoms with van der Waals surface area (Å²) in [6.07, 6.45) is 0. The Morgan fingerprint density at radius 3 is 2.17 bits per heavy atom. The molecule has 0 saturated heterocycles. The number of hydrogen-bond donors (Lipinski definition) is 1. The fourth-order valence-corrected chi connectivity index (χ4v) is 3.02. The Morgan fingerprint density at radius 2 is 1.67 bits per heavy atom. The lowest BCUT2D eigenvalue weighted by Crippen LogP contribution is -2.25. The first-order valence-electron chi connectivity index (χ1n) is 7.24. The number of rotatable bonds is 5. The van der Waals surface area contributed by atoms with Gasteiger partial charge in [0.25, 0.3) is 5.91 Å². The van der Waals surface area contributed by atoms with Gasteiger partial charge in [0, 0.05) is 14.1 Å². The summed E-state index contributed by atoms with van der Waals surface area (Å²) in [5.74, 6) is -3.09. The summed E-state index contributed by atoms with van der Waals surface area (Å²) in [6.45, 7) is 4.97. The van der Waals surface area contributed by atoms with Gasteiger partial charge in [-0.25, -0.2) is 9.59 Å². The number of carbonyl (C=O) groups excluding carboxylic acids is 4. The molecule has 0 aliphatic heterocycles. The van der Waals surface area contributed by atoms with Crippen molar-refractivity contribution < 1.29 is 28.7 Å². The zero-order valence-corrected chi connectivity index (χ0v) is 15.0. The summed E-state index contributed by atoms with van der Waals surface area (Å²) < 4.78 is 9.58. The normalized spacial score (nSPS) is 10.0. The Labute approximate surface area is 143 Å². The van der Waals surface area contributed by atoms with Crippen molar-refractivity contribution in [2.45, 2.75) is 20.8 Å². The lowest BCUT2D eigenvalue weighted by atomic mass is 10.1. The van der Waals surface area contributed by atoms with E-state index in [1.807, 2.05) is 0 Å². The average molecular weight is 356 g/mol. The molecule has 0 saturated carbocycles. The molecule has 1 N–H and O–H groups in total. The zero-order valence-electron chi connectivity index (χ0n) is 14.2. The Balaban J connectivity index is 3.28. The number of anilines is 1. The van der Waals surface area contributed by atoms with E-state index < -0.39 is 17.8 Å². The van der Waals surface area contributed by atoms with Crippen LogP contribution in [0.4, 0.5) is 5.00 Å². The van der Waals surface area contributed by atoms with Crippen LogP contribution in [0.5, 0.6) is 0 Å². The van der Waals surface area contributed by atoms with E-state index in [1.54, 1.807) is 34.9 Å². The van der Waals surface area contributed by atoms with E-state index in [-0.39, 0.29) is 34.6 Å². The molecule has 2 amide bonds. The van der Waals surface area contributed by atoms with Crippen molar-refractivity contribution in [2.75, 3.05) is 32.6 Å². The Bertz CT molecular complexity index is 665. The molecule has 1 aromatic rings. The van der Waals surface area contributed by atoms with Gasteiger partial charge < -0.3 is 19.7 Å². The van der Waals surface area contributed by atoms with Crippen LogP contribution in [-0.4, -0.2) is 56.0 Å². The molecule has 0 bridgehead atoms. The minimum Gasteiger partial charge on any atom is -0.462 e. The highest BCUT2D eigenvalue weighted by Gasteiger charge is 2.28. The fraction of sp³-hybridized carbons (Fsp3) is 0.467. The van der Waals surface area contributed by atoms with Crippen molar-refractivity contribution in [1.29, 1.82) is 0 Å². The Hall–Kier alpha value is -2.42. The van der Waals surface area contributed by atoms with E-state index in [0.717, 1.165) is 11.3 Å². The molecule has 1 aromatic heterocycles. The van der Waals surface area contributed by atoms with Gasteiger partial charge in [0.05, 0.1) is 23.7 Å². The van der Waals surface area contributed by atoms with Gasteiger partial charge in [-0.2, -0.15) is 0 Å². The van der Waals surface area contributed by atoms with Gasteiger partial charge in [-0.1, -0.05) is 0 Å². The quantitative estimate of drug-likeness (QED) is 0.633. The average Bonchev–Trinajstić information content (AvgIpc) is 2.83. The maximum absolute atomic E-state index is 12.2. The van der Waals surface area contributed by atoms with Crippen LogP contribution in [-0.2, 0) is 19.1 Å². The smallest absolute Gasteiger partial charge is 0.397 e. The largest absolute Gasteiger partial charge is 0.462 e. The van der Waals surface area contributed by atoms with Gasteiger partial charge in [0.2, 0.25) is 0 Å². The second-order valence-corrected chi connectivity index (χ2v) is 5.88. The van der Waals surface area contributed by atoms with Crippen LogP contribution in [0.25, 0.3) is 0 Å². The summed E-state index contributed by atoms with van der Waals surface area (Å²) in [5.41, 5.74) is 0.445. The standard InChI is InChI=1S/C15H20N2O6S/c1-6-22-14(20)9-8(3)10(13(19)17(4)5)24-12(9)16-11(18)15(21)23-7-2/h6-7H2,1-5H3,(H,16,18). The maximum atomic E-state index is 12.2. The first-order valence-corrected chi connectivity index (χ1v) is 8.06. The molecule has 0 spiro atoms. The number of hydrogen-bond acceptors (Lipinski definition) is 7. The van der Waals surface area contributed by atoms with Crippen LogP contribution in [0.15, 0.2) is 0 Å². The number of esters is 2. The van der Waals surface area contributed by atoms with Gasteiger partial charge in [0.1, 0.15) is 5.00 Å². The summed E-state index contributed by atoms with van der Waals surface area (Å²) >= 11 is 0.909. The van der Waals surface area contributed by atoms with Crippen molar-refractivity contribution in [3.8, 4) is 0 Å². The predicted molar refractivity (Wildman–Crippen MR) is 88.3 cm³/mol. The van der Waals surface area contributed by atoms with Crippen molar-refractivity contribution in [1.82, 2.24) is 4.90 Å². The molecule has 24 heavy (non-hydrogen) atoms. The molecule has 0 unspecified atom stereocenters. The van der Waals surface area contributed by atoms with Crippen LogP contribution in [0.3, 0.4) is 0 Å². The SMILES string of the molecule is CCOC(=O)C(=O)Nc1sc(C(=O)N(C)C)c(C)c1C(=O)OCC. The first kappa shape index (κ1) is 19.6. The molecular weight excluding hydrogens is 336 g/mol. The van der Waals surface area contributed by atoms with Crippen molar-refractivity contribution in [2.24, 2.45) is 0 Å². The zero-order chi connectivity index (χ0) is 18.4. The van der Waals surface area contributed by atoms with Crippen LogP contribution < -0.4 is 5.32 Å². The summed E-state index contributed by atoms with van der Waals surface area (Å²) in [5, 5.41) is 2.40. The van der Waals surface area contributed by atoms with E-state index in [0.29, 0.717) is 5.56 Å². The molecule has 0 radical (unpaired) electrons. The van der Waals surface area contributed by atoms with Crippen LogP contribution in [0, 0.1) is 6.92 Å². The van der Waals surface area contributed by atoms with Crippen molar-refractivity contribution in [3.63, 3.8) is 0 Å². The highest BCUT2D eigenvalue weighted by molar-refractivity contribution is 7.18. The van der Waals surface area contributed by atoms with Gasteiger partial charge in [-0.05, 0) is 26.3 Å². The molecule has 132 valence electrons. The molecule has 0 aromatic carbocycles. The number of ether oxygens (including phenoxy) is 2. The van der Waals surface area contributed by atoms with Gasteiger partial charge in [-0.15, -0.1) is 11.3 Å². The topological polar surface area (TPSA) is 102 Å². The molecular formula is C15H20N2O6S. The van der Waals surface area contributed by atoms with Gasteiger partial charge in [0.15, 0.2) is 0 Å². The highest BCUT2D eigenvalue weighted by atomic mass is 32.1. The van der Waals surface area contributed by atoms with E-state index in [4.69, 9.17) is 4.74 Å². The van der Waals surface area contributed by atoms with E-state index in [1.165, 1.54) is 4.90 Å². The third-order valence-corrected chi connectivity index (χ3v) is 4.11. The number of nitrogens with zero attached hydrogens (tertiary/aromatic N) is 1. The second kappa shape index (κ2) is 8.44. The predicted octanol–water partition coefficient (Wildman–Crippen LogP) is 1.44. The number of carbonyl (C=O) groups is 4. The minimum atomic E-state index is -1.07. The fourth-order valence-electron chi connectivity index (χ4n) is 1.81. The highest BCUT2D eigenvalue weighted by Crippen LogP contribution is 2.34. The summed E-state index contributed by atoms with van der Waals surface area (Å²) in [7, 11) is 3.14. The molecule has 1 rings (SSSR count). The molecule has 0 fully saturated rings. The third kappa shape index (κ3) is 4.31. The summed E-state index contributed by atoms with van der Waals surface area (Å²) in [6, 6.07) is 0. The molecule has 1 heterocycles. The number of thiophene rings is 1. The van der Waals surface area contributed by atoms with Crippen LogP contribution >= 0.6 is 11.3 Å². The minimum absolute atomic E-state index is 0.0464. The van der Waals surface area contributed by atoms with Crippen molar-refractivity contribution in [3.05, 3.63) is 16.0 Å². The van der Waals surface area contributed by atoms with E-state index in [2.05, 4.69) is 10.1 Å². The lowest BCUT2D eigenvalue weighted by molar-refractivity contribution is -0.152. The first-order chi connectivity index (χ1) is 11.2. The molecule has 8 nitrogen and oxygen atoms in total. The summed E-state index contributed by atoms with van der Waals surface area (Å²) in [4.78, 5) is 49.3. The van der Waals surface area contributed by atoms with Crippen LogP contribution in [0.1, 0.15) is 39.4 Å². The maximum Gasteiger partial charge on any atom is 0.397 e. The monoisotopic (exact) mass is 356 g/mol. The molecule has 0 aliphatic rings. The van der Waals surface area contributed by atoms with Crippen molar-refractivity contribution >= 4 is 40.1 Å². The Kier molecular flexibility index (Phi) is 6.90. The van der Waals surface area contributed by atoms with Gasteiger partial charge in [-0.3, -0.25) is 9.59 Å². The second-order valence-electron chi connectivity index (χ2n) is 4.85. The molecule has 0 aliphatic carbocycles. The number of amides is 2. The van der Waals surface area contributed by atoms with E-state index >= 15 is 0 Å². The van der Waals surface area contributed by atoms with Crippen LogP contribution in [0.2, 0.25) is 0 Å². The molecule has 9 heteroatoms. The van der Waals surface area contributed by atoms with E-state index in [9.17, 15) is 19.2 Å². The third-order valence-electron chi connectivity index (χ3n) is 2.91.